The summed E-state index contributed by atoms with van der Waals surface area (Å²) in [5.41, 5.74) is 11.0. The zero-order valence-electron chi connectivity index (χ0n) is 12.1. The Labute approximate surface area is 120 Å². The molecule has 2 N–H and O–H groups in total. The first kappa shape index (κ1) is 13.1. The number of para-hydroxylation sites is 1. The third kappa shape index (κ3) is 2.18. The standard InChI is InChI=1S/C17H21N3/c1-12-9-14-5-3-4-6-16(14)20(11-12)17-15(10-18)13(2)7-8-19-17/h3-8,12H,9-11,18H2,1-2H3. The molecule has 1 atom stereocenters. The van der Waals surface area contributed by atoms with Crippen molar-refractivity contribution in [1.29, 1.82) is 0 Å². The van der Waals surface area contributed by atoms with Crippen molar-refractivity contribution in [1.82, 2.24) is 4.98 Å². The van der Waals surface area contributed by atoms with Crippen LogP contribution in [0.3, 0.4) is 0 Å². The summed E-state index contributed by atoms with van der Waals surface area (Å²) >= 11 is 0. The Morgan fingerprint density at radius 1 is 1.30 bits per heavy atom. The van der Waals surface area contributed by atoms with E-state index in [0.717, 1.165) is 24.3 Å². The Kier molecular flexibility index (Phi) is 3.45. The Hall–Kier alpha value is -1.87. The van der Waals surface area contributed by atoms with Crippen LogP contribution in [0.4, 0.5) is 11.5 Å². The van der Waals surface area contributed by atoms with Crippen molar-refractivity contribution >= 4 is 11.5 Å². The largest absolute Gasteiger partial charge is 0.326 e. The minimum Gasteiger partial charge on any atom is -0.326 e. The van der Waals surface area contributed by atoms with Crippen LogP contribution in [0.2, 0.25) is 0 Å². The van der Waals surface area contributed by atoms with Crippen LogP contribution in [0, 0.1) is 12.8 Å². The maximum atomic E-state index is 5.95. The molecule has 104 valence electrons. The normalized spacial score (nSPS) is 17.9. The van der Waals surface area contributed by atoms with Crippen molar-refractivity contribution in [2.45, 2.75) is 26.8 Å². The average Bonchev–Trinajstić information content (AvgIpc) is 2.46. The highest BCUT2D eigenvalue weighted by Crippen LogP contribution is 2.36. The minimum absolute atomic E-state index is 0.530. The summed E-state index contributed by atoms with van der Waals surface area (Å²) in [7, 11) is 0. The molecular weight excluding hydrogens is 246 g/mol. The lowest BCUT2D eigenvalue weighted by Crippen LogP contribution is -2.32. The van der Waals surface area contributed by atoms with Crippen LogP contribution in [0.15, 0.2) is 36.5 Å². The SMILES string of the molecule is Cc1ccnc(N2CC(C)Cc3ccccc32)c1CN. The van der Waals surface area contributed by atoms with Gasteiger partial charge in [-0.15, -0.1) is 0 Å². The van der Waals surface area contributed by atoms with Crippen molar-refractivity contribution in [3.63, 3.8) is 0 Å². The highest BCUT2D eigenvalue weighted by molar-refractivity contribution is 5.68. The summed E-state index contributed by atoms with van der Waals surface area (Å²) < 4.78 is 0. The molecule has 1 unspecified atom stereocenters. The number of hydrogen-bond donors (Lipinski definition) is 1. The number of pyridine rings is 1. The van der Waals surface area contributed by atoms with Crippen LogP contribution in [-0.2, 0) is 13.0 Å². The Morgan fingerprint density at radius 3 is 2.90 bits per heavy atom. The fourth-order valence-corrected chi connectivity index (χ4v) is 3.06. The maximum absolute atomic E-state index is 5.95. The number of fused-ring (bicyclic) bond motifs is 1. The van der Waals surface area contributed by atoms with Gasteiger partial charge < -0.3 is 10.6 Å². The quantitative estimate of drug-likeness (QED) is 0.908. The van der Waals surface area contributed by atoms with Gasteiger partial charge >= 0.3 is 0 Å². The Bertz CT molecular complexity index is 621. The molecule has 2 aromatic rings. The number of anilines is 2. The van der Waals surface area contributed by atoms with Gasteiger partial charge in [0.15, 0.2) is 0 Å². The lowest BCUT2D eigenvalue weighted by molar-refractivity contribution is 0.559. The summed E-state index contributed by atoms with van der Waals surface area (Å²) in [6.45, 7) is 5.93. The summed E-state index contributed by atoms with van der Waals surface area (Å²) in [5, 5.41) is 0. The molecule has 1 aliphatic rings. The number of nitrogens with zero attached hydrogens (tertiary/aromatic N) is 2. The van der Waals surface area contributed by atoms with Crippen molar-refractivity contribution in [3.8, 4) is 0 Å². The molecule has 0 aliphatic carbocycles. The van der Waals surface area contributed by atoms with Gasteiger partial charge in [-0.3, -0.25) is 0 Å². The van der Waals surface area contributed by atoms with E-state index >= 15 is 0 Å². The highest BCUT2D eigenvalue weighted by Gasteiger charge is 2.25. The zero-order chi connectivity index (χ0) is 14.1. The second-order valence-corrected chi connectivity index (χ2v) is 5.68. The molecule has 20 heavy (non-hydrogen) atoms. The molecule has 1 aromatic heterocycles. The highest BCUT2D eigenvalue weighted by atomic mass is 15.2. The summed E-state index contributed by atoms with van der Waals surface area (Å²) in [6.07, 6.45) is 3.02. The summed E-state index contributed by atoms with van der Waals surface area (Å²) in [4.78, 5) is 6.95. The first-order valence-electron chi connectivity index (χ1n) is 7.20. The van der Waals surface area contributed by atoms with E-state index in [0.29, 0.717) is 12.5 Å². The molecule has 0 spiro atoms. The number of hydrogen-bond acceptors (Lipinski definition) is 3. The number of rotatable bonds is 2. The van der Waals surface area contributed by atoms with Gasteiger partial charge in [-0.1, -0.05) is 25.1 Å². The second-order valence-electron chi connectivity index (χ2n) is 5.68. The molecule has 3 nitrogen and oxygen atoms in total. The van der Waals surface area contributed by atoms with Gasteiger partial charge in [0, 0.05) is 30.5 Å². The number of aromatic nitrogens is 1. The minimum atomic E-state index is 0.530. The smallest absolute Gasteiger partial charge is 0.137 e. The fourth-order valence-electron chi connectivity index (χ4n) is 3.06. The zero-order valence-corrected chi connectivity index (χ0v) is 12.1. The third-order valence-electron chi connectivity index (χ3n) is 4.07. The lowest BCUT2D eigenvalue weighted by Gasteiger charge is -2.35. The van der Waals surface area contributed by atoms with Gasteiger partial charge in [0.05, 0.1) is 0 Å². The lowest BCUT2D eigenvalue weighted by atomic mass is 9.93. The molecule has 1 aromatic carbocycles. The van der Waals surface area contributed by atoms with Crippen LogP contribution in [-0.4, -0.2) is 11.5 Å². The van der Waals surface area contributed by atoms with Gasteiger partial charge in [0.25, 0.3) is 0 Å². The van der Waals surface area contributed by atoms with Gasteiger partial charge in [-0.05, 0) is 42.5 Å². The van der Waals surface area contributed by atoms with E-state index in [-0.39, 0.29) is 0 Å². The van der Waals surface area contributed by atoms with Crippen LogP contribution >= 0.6 is 0 Å². The molecule has 0 fully saturated rings. The molecule has 2 heterocycles. The molecule has 3 rings (SSSR count). The van der Waals surface area contributed by atoms with Gasteiger partial charge in [0.1, 0.15) is 5.82 Å². The Morgan fingerprint density at radius 2 is 2.10 bits per heavy atom. The van der Waals surface area contributed by atoms with Gasteiger partial charge in [-0.25, -0.2) is 4.98 Å². The van der Waals surface area contributed by atoms with E-state index in [1.54, 1.807) is 0 Å². The van der Waals surface area contributed by atoms with E-state index < -0.39 is 0 Å². The van der Waals surface area contributed by atoms with E-state index in [9.17, 15) is 0 Å². The third-order valence-corrected chi connectivity index (χ3v) is 4.07. The van der Waals surface area contributed by atoms with E-state index in [4.69, 9.17) is 5.73 Å². The predicted molar refractivity (Wildman–Crippen MR) is 83.2 cm³/mol. The maximum Gasteiger partial charge on any atom is 0.137 e. The van der Waals surface area contributed by atoms with Crippen molar-refractivity contribution in [2.24, 2.45) is 11.7 Å². The average molecular weight is 267 g/mol. The molecule has 0 saturated heterocycles. The van der Waals surface area contributed by atoms with Crippen LogP contribution < -0.4 is 10.6 Å². The topological polar surface area (TPSA) is 42.2 Å². The molecule has 0 amide bonds. The number of aryl methyl sites for hydroxylation is 1. The van der Waals surface area contributed by atoms with Crippen molar-refractivity contribution in [2.75, 3.05) is 11.4 Å². The van der Waals surface area contributed by atoms with Crippen LogP contribution in [0.1, 0.15) is 23.6 Å². The van der Waals surface area contributed by atoms with Crippen molar-refractivity contribution in [3.05, 3.63) is 53.2 Å². The van der Waals surface area contributed by atoms with Crippen LogP contribution in [0.25, 0.3) is 0 Å². The summed E-state index contributed by atoms with van der Waals surface area (Å²) in [5.74, 6) is 1.64. The first-order chi connectivity index (χ1) is 9.70. The van der Waals surface area contributed by atoms with Crippen LogP contribution in [0.5, 0.6) is 0 Å². The number of nitrogens with two attached hydrogens (primary N) is 1. The predicted octanol–water partition coefficient (Wildman–Crippen LogP) is 3.18. The first-order valence-corrected chi connectivity index (χ1v) is 7.20. The molecule has 3 heteroatoms. The molecule has 0 radical (unpaired) electrons. The van der Waals surface area contributed by atoms with E-state index in [2.05, 4.69) is 48.0 Å². The summed E-state index contributed by atoms with van der Waals surface area (Å²) in [6, 6.07) is 10.6. The monoisotopic (exact) mass is 267 g/mol. The number of benzene rings is 1. The Balaban J connectivity index is 2.13. The van der Waals surface area contributed by atoms with Gasteiger partial charge in [-0.2, -0.15) is 0 Å². The van der Waals surface area contributed by atoms with E-state index in [1.807, 2.05) is 12.3 Å². The van der Waals surface area contributed by atoms with Crippen molar-refractivity contribution < 1.29 is 0 Å². The molecule has 0 saturated carbocycles. The molecular formula is C17H21N3. The van der Waals surface area contributed by atoms with Gasteiger partial charge in [0.2, 0.25) is 0 Å². The fraction of sp³-hybridized carbons (Fsp3) is 0.353. The second kappa shape index (κ2) is 5.25. The van der Waals surface area contributed by atoms with E-state index in [1.165, 1.54) is 16.8 Å². The molecule has 0 bridgehead atoms. The molecule has 1 aliphatic heterocycles.